The molecular formula is C10H12ClF3N2O. The largest absolute Gasteiger partial charge is 0.416 e. The summed E-state index contributed by atoms with van der Waals surface area (Å²) in [7, 11) is 0. The smallest absolute Gasteiger partial charge is 0.326 e. The molecule has 3 N–H and O–H groups in total. The Labute approximate surface area is 103 Å². The van der Waals surface area contributed by atoms with E-state index in [0.29, 0.717) is 5.56 Å². The number of halogens is 4. The second-order valence-corrected chi connectivity index (χ2v) is 3.30. The van der Waals surface area contributed by atoms with E-state index in [-0.39, 0.29) is 24.6 Å². The second-order valence-electron chi connectivity index (χ2n) is 3.30. The Morgan fingerprint density at radius 2 is 1.94 bits per heavy atom. The van der Waals surface area contributed by atoms with Gasteiger partial charge < -0.3 is 11.1 Å². The van der Waals surface area contributed by atoms with Crippen LogP contribution < -0.4 is 11.1 Å². The first-order valence-corrected chi connectivity index (χ1v) is 4.51. The summed E-state index contributed by atoms with van der Waals surface area (Å²) >= 11 is 0. The molecule has 17 heavy (non-hydrogen) atoms. The van der Waals surface area contributed by atoms with Crippen LogP contribution in [0.2, 0.25) is 0 Å². The molecule has 3 nitrogen and oxygen atoms in total. The molecule has 0 aliphatic rings. The lowest BCUT2D eigenvalue weighted by atomic mass is 10.1. The number of anilines is 1. The van der Waals surface area contributed by atoms with E-state index < -0.39 is 17.6 Å². The highest BCUT2D eigenvalue weighted by Crippen LogP contribution is 2.31. The van der Waals surface area contributed by atoms with Crippen LogP contribution in [-0.4, -0.2) is 5.91 Å². The van der Waals surface area contributed by atoms with Crippen molar-refractivity contribution in [1.29, 1.82) is 0 Å². The highest BCUT2D eigenvalue weighted by atomic mass is 35.5. The number of nitrogens with one attached hydrogen (secondary N) is 1. The minimum atomic E-state index is -4.45. The molecule has 0 aromatic heterocycles. The van der Waals surface area contributed by atoms with Gasteiger partial charge in [0, 0.05) is 19.2 Å². The fourth-order valence-electron chi connectivity index (χ4n) is 1.25. The Balaban J connectivity index is 0.00000256. The molecule has 0 radical (unpaired) electrons. The van der Waals surface area contributed by atoms with Crippen molar-refractivity contribution in [1.82, 2.24) is 0 Å². The van der Waals surface area contributed by atoms with Crippen LogP contribution in [0.25, 0.3) is 0 Å². The highest BCUT2D eigenvalue weighted by Gasteiger charge is 2.31. The van der Waals surface area contributed by atoms with Crippen molar-refractivity contribution in [2.75, 3.05) is 5.32 Å². The van der Waals surface area contributed by atoms with E-state index in [2.05, 4.69) is 5.32 Å². The van der Waals surface area contributed by atoms with Crippen molar-refractivity contribution in [3.8, 4) is 0 Å². The summed E-state index contributed by atoms with van der Waals surface area (Å²) in [6.07, 6.45) is -4.45. The van der Waals surface area contributed by atoms with Crippen LogP contribution in [-0.2, 0) is 17.5 Å². The molecule has 0 fully saturated rings. The summed E-state index contributed by atoms with van der Waals surface area (Å²) in [5.41, 5.74) is 4.88. The summed E-state index contributed by atoms with van der Waals surface area (Å²) < 4.78 is 37.4. The minimum Gasteiger partial charge on any atom is -0.326 e. The zero-order chi connectivity index (χ0) is 12.3. The number of alkyl halides is 3. The van der Waals surface area contributed by atoms with Gasteiger partial charge in [0.05, 0.1) is 5.56 Å². The van der Waals surface area contributed by atoms with Crippen molar-refractivity contribution in [2.45, 2.75) is 19.6 Å². The van der Waals surface area contributed by atoms with Crippen molar-refractivity contribution in [3.05, 3.63) is 29.3 Å². The first-order valence-electron chi connectivity index (χ1n) is 4.51. The minimum absolute atomic E-state index is 0. The molecule has 0 aliphatic heterocycles. The lowest BCUT2D eigenvalue weighted by Crippen LogP contribution is -2.11. The van der Waals surface area contributed by atoms with Gasteiger partial charge in [-0.05, 0) is 23.8 Å². The van der Waals surface area contributed by atoms with E-state index in [9.17, 15) is 18.0 Å². The van der Waals surface area contributed by atoms with E-state index in [0.717, 1.165) is 12.1 Å². The summed E-state index contributed by atoms with van der Waals surface area (Å²) in [6, 6.07) is 3.25. The summed E-state index contributed by atoms with van der Waals surface area (Å²) in [5, 5.41) is 2.30. The zero-order valence-corrected chi connectivity index (χ0v) is 9.78. The number of hydrogen-bond donors (Lipinski definition) is 2. The SMILES string of the molecule is CC(=O)Nc1cc(CN)cc(C(F)(F)F)c1.Cl. The molecule has 0 aliphatic carbocycles. The number of rotatable bonds is 2. The predicted octanol–water partition coefficient (Wildman–Crippen LogP) is 2.54. The maximum Gasteiger partial charge on any atom is 0.416 e. The van der Waals surface area contributed by atoms with Gasteiger partial charge in [-0.3, -0.25) is 4.79 Å². The maximum atomic E-state index is 12.5. The lowest BCUT2D eigenvalue weighted by Gasteiger charge is -2.11. The van der Waals surface area contributed by atoms with E-state index in [1.54, 1.807) is 0 Å². The Hall–Kier alpha value is -1.27. The van der Waals surface area contributed by atoms with Gasteiger partial charge in [0.25, 0.3) is 0 Å². The molecule has 7 heteroatoms. The third-order valence-corrected chi connectivity index (χ3v) is 1.88. The van der Waals surface area contributed by atoms with Crippen LogP contribution in [0.4, 0.5) is 18.9 Å². The number of amides is 1. The van der Waals surface area contributed by atoms with Gasteiger partial charge in [-0.2, -0.15) is 13.2 Å². The lowest BCUT2D eigenvalue weighted by molar-refractivity contribution is -0.137. The number of carbonyl (C=O) groups is 1. The summed E-state index contributed by atoms with van der Waals surface area (Å²) in [5.74, 6) is -0.428. The molecule has 0 atom stereocenters. The number of carbonyl (C=O) groups excluding carboxylic acids is 1. The van der Waals surface area contributed by atoms with E-state index in [4.69, 9.17) is 5.73 Å². The number of benzene rings is 1. The van der Waals surface area contributed by atoms with E-state index >= 15 is 0 Å². The molecule has 0 spiro atoms. The van der Waals surface area contributed by atoms with Crippen molar-refractivity contribution < 1.29 is 18.0 Å². The topological polar surface area (TPSA) is 55.1 Å². The van der Waals surface area contributed by atoms with Crippen LogP contribution in [0.1, 0.15) is 18.1 Å². The first-order chi connectivity index (χ1) is 7.32. The molecule has 96 valence electrons. The summed E-state index contributed by atoms with van der Waals surface area (Å²) in [4.78, 5) is 10.8. The fourth-order valence-corrected chi connectivity index (χ4v) is 1.25. The fraction of sp³-hybridized carbons (Fsp3) is 0.300. The van der Waals surface area contributed by atoms with Gasteiger partial charge >= 0.3 is 6.18 Å². The molecule has 0 heterocycles. The Morgan fingerprint density at radius 1 is 1.35 bits per heavy atom. The third-order valence-electron chi connectivity index (χ3n) is 1.88. The molecule has 1 amide bonds. The van der Waals surface area contributed by atoms with Crippen LogP contribution in [0, 0.1) is 0 Å². The van der Waals surface area contributed by atoms with Crippen molar-refractivity contribution in [3.63, 3.8) is 0 Å². The van der Waals surface area contributed by atoms with Crippen molar-refractivity contribution >= 4 is 24.0 Å². The van der Waals surface area contributed by atoms with Gasteiger partial charge in [0.2, 0.25) is 5.91 Å². The van der Waals surface area contributed by atoms with Crippen LogP contribution in [0.5, 0.6) is 0 Å². The molecule has 1 aromatic carbocycles. The van der Waals surface area contributed by atoms with Gasteiger partial charge in [-0.1, -0.05) is 0 Å². The molecule has 0 saturated carbocycles. The molecule has 0 saturated heterocycles. The van der Waals surface area contributed by atoms with Crippen LogP contribution in [0.15, 0.2) is 18.2 Å². The van der Waals surface area contributed by atoms with Crippen molar-refractivity contribution in [2.24, 2.45) is 5.73 Å². The van der Waals surface area contributed by atoms with Gasteiger partial charge in [0.1, 0.15) is 0 Å². The normalized spacial score (nSPS) is 10.6. The predicted molar refractivity (Wildman–Crippen MR) is 60.9 cm³/mol. The highest BCUT2D eigenvalue weighted by molar-refractivity contribution is 5.88. The van der Waals surface area contributed by atoms with Gasteiger partial charge in [-0.15, -0.1) is 12.4 Å². The second kappa shape index (κ2) is 5.88. The summed E-state index contributed by atoms with van der Waals surface area (Å²) in [6.45, 7) is 1.21. The molecular weight excluding hydrogens is 257 g/mol. The molecule has 1 aromatic rings. The number of hydrogen-bond acceptors (Lipinski definition) is 2. The molecule has 0 bridgehead atoms. The Kier molecular flexibility index (Phi) is 5.44. The maximum absolute atomic E-state index is 12.5. The Bertz CT molecular complexity index is 407. The molecule has 0 unspecified atom stereocenters. The average molecular weight is 269 g/mol. The van der Waals surface area contributed by atoms with E-state index in [1.165, 1.54) is 13.0 Å². The average Bonchev–Trinajstić information content (AvgIpc) is 2.14. The van der Waals surface area contributed by atoms with Gasteiger partial charge in [0.15, 0.2) is 0 Å². The first kappa shape index (κ1) is 15.7. The molecule has 1 rings (SSSR count). The zero-order valence-electron chi connectivity index (χ0n) is 8.97. The standard InChI is InChI=1S/C10H11F3N2O.ClH/c1-6(16)15-9-3-7(5-14)2-8(4-9)10(11,12)13;/h2-4H,5,14H2,1H3,(H,15,16);1H. The monoisotopic (exact) mass is 268 g/mol. The van der Waals surface area contributed by atoms with E-state index in [1.807, 2.05) is 0 Å². The van der Waals surface area contributed by atoms with Crippen LogP contribution >= 0.6 is 12.4 Å². The Morgan fingerprint density at radius 3 is 2.35 bits per heavy atom. The van der Waals surface area contributed by atoms with Crippen LogP contribution in [0.3, 0.4) is 0 Å². The van der Waals surface area contributed by atoms with Gasteiger partial charge in [-0.25, -0.2) is 0 Å². The number of nitrogens with two attached hydrogens (primary N) is 1. The third kappa shape index (κ3) is 4.62. The quantitative estimate of drug-likeness (QED) is 0.866.